The average Bonchev–Trinajstić information content (AvgIpc) is 2.49. The van der Waals surface area contributed by atoms with Crippen LogP contribution < -0.4 is 10.1 Å². The first-order chi connectivity index (χ1) is 9.85. The summed E-state index contributed by atoms with van der Waals surface area (Å²) in [7, 11) is 0. The van der Waals surface area contributed by atoms with E-state index in [2.05, 4.69) is 29.4 Å². The molecule has 4 nitrogen and oxygen atoms in total. The van der Waals surface area contributed by atoms with Crippen LogP contribution in [0.4, 0.5) is 0 Å². The van der Waals surface area contributed by atoms with Gasteiger partial charge in [-0.25, -0.2) is 4.98 Å². The molecule has 0 unspecified atom stereocenters. The molecule has 1 aromatic heterocycles. The summed E-state index contributed by atoms with van der Waals surface area (Å²) in [4.78, 5) is 4.60. The number of hydrogen-bond acceptors (Lipinski definition) is 4. The molecule has 0 atom stereocenters. The van der Waals surface area contributed by atoms with E-state index in [9.17, 15) is 0 Å². The largest absolute Gasteiger partial charge is 0.475 e. The number of rotatable bonds is 8. The van der Waals surface area contributed by atoms with E-state index in [-0.39, 0.29) is 0 Å². The predicted molar refractivity (Wildman–Crippen MR) is 81.1 cm³/mol. The van der Waals surface area contributed by atoms with Gasteiger partial charge in [0.1, 0.15) is 6.61 Å². The summed E-state index contributed by atoms with van der Waals surface area (Å²) in [6.45, 7) is 7.56. The number of fused-ring (bicyclic) bond motifs is 1. The van der Waals surface area contributed by atoms with E-state index < -0.39 is 0 Å². The molecule has 0 saturated heterocycles. The lowest BCUT2D eigenvalue weighted by molar-refractivity contribution is 0.109. The van der Waals surface area contributed by atoms with Crippen molar-refractivity contribution in [3.63, 3.8) is 0 Å². The third-order valence-electron chi connectivity index (χ3n) is 2.99. The summed E-state index contributed by atoms with van der Waals surface area (Å²) in [5.41, 5.74) is 0.997. The number of pyridine rings is 1. The number of nitrogens with one attached hydrogen (secondary N) is 1. The molecular weight excluding hydrogens is 252 g/mol. The van der Waals surface area contributed by atoms with Crippen LogP contribution in [-0.4, -0.2) is 31.3 Å². The van der Waals surface area contributed by atoms with Crippen LogP contribution in [0.2, 0.25) is 0 Å². The third-order valence-corrected chi connectivity index (χ3v) is 2.99. The summed E-state index contributed by atoms with van der Waals surface area (Å²) >= 11 is 0. The number of hydrogen-bond donors (Lipinski definition) is 1. The fourth-order valence-corrected chi connectivity index (χ4v) is 2.02. The highest BCUT2D eigenvalue weighted by Gasteiger charge is 2.06. The molecular formula is C16H22N2O2. The Kier molecular flexibility index (Phi) is 5.77. The van der Waals surface area contributed by atoms with Crippen LogP contribution in [0.1, 0.15) is 19.5 Å². The van der Waals surface area contributed by atoms with Gasteiger partial charge in [-0.15, -0.1) is 0 Å². The van der Waals surface area contributed by atoms with Crippen molar-refractivity contribution >= 4 is 10.8 Å². The molecule has 0 fully saturated rings. The highest BCUT2D eigenvalue weighted by Crippen LogP contribution is 2.24. The standard InChI is InChI=1S/C16H22N2O2/c1-3-17-12-14-11-13-7-5-6-8-15(13)16(18-14)20-10-9-19-4-2/h5-8,11,17H,3-4,9-10,12H2,1-2H3. The lowest BCUT2D eigenvalue weighted by Crippen LogP contribution is -2.14. The van der Waals surface area contributed by atoms with Crippen LogP contribution in [-0.2, 0) is 11.3 Å². The summed E-state index contributed by atoms with van der Waals surface area (Å²) in [6, 6.07) is 10.3. The van der Waals surface area contributed by atoms with E-state index in [4.69, 9.17) is 9.47 Å². The van der Waals surface area contributed by atoms with Gasteiger partial charge in [-0.2, -0.15) is 0 Å². The minimum atomic E-state index is 0.523. The third kappa shape index (κ3) is 3.92. The normalized spacial score (nSPS) is 10.9. The molecule has 1 N–H and O–H groups in total. The van der Waals surface area contributed by atoms with Crippen LogP contribution in [0.5, 0.6) is 5.88 Å². The monoisotopic (exact) mass is 274 g/mol. The Morgan fingerprint density at radius 3 is 2.80 bits per heavy atom. The second-order valence-electron chi connectivity index (χ2n) is 4.47. The number of ether oxygens (including phenoxy) is 2. The fourth-order valence-electron chi connectivity index (χ4n) is 2.02. The molecule has 0 aliphatic carbocycles. The van der Waals surface area contributed by atoms with Crippen molar-refractivity contribution < 1.29 is 9.47 Å². The molecule has 0 bridgehead atoms. The minimum absolute atomic E-state index is 0.523. The maximum Gasteiger partial charge on any atom is 0.221 e. The van der Waals surface area contributed by atoms with Crippen LogP contribution in [0.3, 0.4) is 0 Å². The van der Waals surface area contributed by atoms with E-state index in [0.717, 1.165) is 29.6 Å². The van der Waals surface area contributed by atoms with E-state index in [1.807, 2.05) is 25.1 Å². The molecule has 0 aliphatic rings. The molecule has 0 radical (unpaired) electrons. The molecule has 0 amide bonds. The van der Waals surface area contributed by atoms with Crippen molar-refractivity contribution in [3.8, 4) is 5.88 Å². The van der Waals surface area contributed by atoms with E-state index >= 15 is 0 Å². The highest BCUT2D eigenvalue weighted by molar-refractivity contribution is 5.87. The molecule has 0 aliphatic heterocycles. The van der Waals surface area contributed by atoms with Gasteiger partial charge in [-0.1, -0.05) is 25.1 Å². The molecule has 108 valence electrons. The van der Waals surface area contributed by atoms with Crippen molar-refractivity contribution in [2.45, 2.75) is 20.4 Å². The van der Waals surface area contributed by atoms with Gasteiger partial charge in [-0.3, -0.25) is 0 Å². The van der Waals surface area contributed by atoms with Gasteiger partial charge in [0.2, 0.25) is 5.88 Å². The fraction of sp³-hybridized carbons (Fsp3) is 0.438. The second-order valence-corrected chi connectivity index (χ2v) is 4.47. The Morgan fingerprint density at radius 1 is 1.15 bits per heavy atom. The SMILES string of the molecule is CCNCc1cc2ccccc2c(OCCOCC)n1. The number of aromatic nitrogens is 1. The van der Waals surface area contributed by atoms with E-state index in [1.54, 1.807) is 0 Å². The molecule has 4 heteroatoms. The lowest BCUT2D eigenvalue weighted by Gasteiger charge is -2.11. The van der Waals surface area contributed by atoms with E-state index in [1.165, 1.54) is 0 Å². The quantitative estimate of drug-likeness (QED) is 0.752. The van der Waals surface area contributed by atoms with Crippen LogP contribution in [0.25, 0.3) is 10.8 Å². The van der Waals surface area contributed by atoms with Crippen molar-refractivity contribution in [1.29, 1.82) is 0 Å². The summed E-state index contributed by atoms with van der Waals surface area (Å²) in [5, 5.41) is 5.49. The molecule has 0 saturated carbocycles. The van der Waals surface area contributed by atoms with Crippen LogP contribution in [0, 0.1) is 0 Å². The van der Waals surface area contributed by atoms with E-state index in [0.29, 0.717) is 25.7 Å². The first-order valence-corrected chi connectivity index (χ1v) is 7.15. The summed E-state index contributed by atoms with van der Waals surface area (Å²) in [6.07, 6.45) is 0. The Labute approximate surface area is 120 Å². The Hall–Kier alpha value is -1.65. The zero-order chi connectivity index (χ0) is 14.2. The Morgan fingerprint density at radius 2 is 2.00 bits per heavy atom. The molecule has 20 heavy (non-hydrogen) atoms. The molecule has 1 heterocycles. The first kappa shape index (κ1) is 14.8. The maximum atomic E-state index is 5.78. The average molecular weight is 274 g/mol. The van der Waals surface area contributed by atoms with Crippen molar-refractivity contribution in [2.24, 2.45) is 0 Å². The van der Waals surface area contributed by atoms with Gasteiger partial charge in [0.25, 0.3) is 0 Å². The van der Waals surface area contributed by atoms with Crippen LogP contribution in [0.15, 0.2) is 30.3 Å². The minimum Gasteiger partial charge on any atom is -0.475 e. The summed E-state index contributed by atoms with van der Waals surface area (Å²) in [5.74, 6) is 0.690. The van der Waals surface area contributed by atoms with Crippen molar-refractivity contribution in [1.82, 2.24) is 10.3 Å². The highest BCUT2D eigenvalue weighted by atomic mass is 16.5. The second kappa shape index (κ2) is 7.82. The maximum absolute atomic E-state index is 5.78. The van der Waals surface area contributed by atoms with Gasteiger partial charge in [0.15, 0.2) is 0 Å². The first-order valence-electron chi connectivity index (χ1n) is 7.15. The topological polar surface area (TPSA) is 43.4 Å². The number of benzene rings is 1. The van der Waals surface area contributed by atoms with Crippen molar-refractivity contribution in [2.75, 3.05) is 26.4 Å². The number of nitrogens with zero attached hydrogens (tertiary/aromatic N) is 1. The molecule has 0 spiro atoms. The zero-order valence-corrected chi connectivity index (χ0v) is 12.2. The predicted octanol–water partition coefficient (Wildman–Crippen LogP) is 2.76. The Balaban J connectivity index is 2.19. The Bertz CT molecular complexity index is 543. The summed E-state index contributed by atoms with van der Waals surface area (Å²) < 4.78 is 11.1. The lowest BCUT2D eigenvalue weighted by atomic mass is 10.1. The van der Waals surface area contributed by atoms with Crippen molar-refractivity contribution in [3.05, 3.63) is 36.0 Å². The molecule has 2 aromatic rings. The van der Waals surface area contributed by atoms with Gasteiger partial charge >= 0.3 is 0 Å². The van der Waals surface area contributed by atoms with Crippen LogP contribution >= 0.6 is 0 Å². The van der Waals surface area contributed by atoms with Gasteiger partial charge in [0, 0.05) is 18.5 Å². The van der Waals surface area contributed by atoms with Gasteiger partial charge in [0.05, 0.1) is 12.3 Å². The zero-order valence-electron chi connectivity index (χ0n) is 12.2. The van der Waals surface area contributed by atoms with Gasteiger partial charge in [-0.05, 0) is 31.0 Å². The molecule has 1 aromatic carbocycles. The molecule has 2 rings (SSSR count). The van der Waals surface area contributed by atoms with Gasteiger partial charge < -0.3 is 14.8 Å². The smallest absolute Gasteiger partial charge is 0.221 e.